The number of carboxylic acids is 1. The van der Waals surface area contributed by atoms with Crippen LogP contribution in [0.3, 0.4) is 0 Å². The average Bonchev–Trinajstić information content (AvgIpc) is 3.00. The molecule has 0 aliphatic heterocycles. The molecule has 0 aromatic carbocycles. The van der Waals surface area contributed by atoms with Crippen molar-refractivity contribution < 1.29 is 14.6 Å². The molecule has 0 amide bonds. The van der Waals surface area contributed by atoms with Crippen molar-refractivity contribution in [1.82, 2.24) is 4.98 Å². The predicted octanol–water partition coefficient (Wildman–Crippen LogP) is 1.67. The maximum Gasteiger partial charge on any atom is 0.354 e. The van der Waals surface area contributed by atoms with Crippen molar-refractivity contribution in [2.75, 3.05) is 7.11 Å². The van der Waals surface area contributed by atoms with Gasteiger partial charge in [0.25, 0.3) is 0 Å². The van der Waals surface area contributed by atoms with Gasteiger partial charge in [-0.1, -0.05) is 0 Å². The average molecular weight is 193 g/mol. The molecule has 1 aromatic rings. The van der Waals surface area contributed by atoms with Crippen molar-refractivity contribution in [2.24, 2.45) is 0 Å². The van der Waals surface area contributed by atoms with E-state index in [1.165, 1.54) is 6.20 Å². The second-order valence-electron chi connectivity index (χ2n) is 3.39. The van der Waals surface area contributed by atoms with Crippen LogP contribution in [0.4, 0.5) is 0 Å². The Morgan fingerprint density at radius 1 is 1.64 bits per heavy atom. The summed E-state index contributed by atoms with van der Waals surface area (Å²) in [7, 11) is 1.57. The zero-order chi connectivity index (χ0) is 10.1. The van der Waals surface area contributed by atoms with Crippen LogP contribution in [-0.4, -0.2) is 23.2 Å². The van der Waals surface area contributed by atoms with E-state index in [1.54, 1.807) is 13.2 Å². The van der Waals surface area contributed by atoms with Crippen molar-refractivity contribution in [3.8, 4) is 5.75 Å². The van der Waals surface area contributed by atoms with Gasteiger partial charge in [0.1, 0.15) is 11.4 Å². The molecule has 1 saturated carbocycles. The number of nitrogens with zero attached hydrogens (tertiary/aromatic N) is 1. The van der Waals surface area contributed by atoms with Gasteiger partial charge in [0.05, 0.1) is 13.3 Å². The molecule has 1 aliphatic rings. The molecule has 14 heavy (non-hydrogen) atoms. The molecule has 1 heterocycles. The predicted molar refractivity (Wildman–Crippen MR) is 49.7 cm³/mol. The Labute approximate surface area is 81.5 Å². The number of ether oxygens (including phenoxy) is 1. The minimum Gasteiger partial charge on any atom is -0.495 e. The van der Waals surface area contributed by atoms with Gasteiger partial charge in [-0.3, -0.25) is 0 Å². The van der Waals surface area contributed by atoms with E-state index in [0.29, 0.717) is 11.7 Å². The number of carbonyl (C=O) groups is 1. The summed E-state index contributed by atoms with van der Waals surface area (Å²) < 4.78 is 5.13. The Kier molecular flexibility index (Phi) is 2.11. The van der Waals surface area contributed by atoms with E-state index in [-0.39, 0.29) is 5.69 Å². The molecule has 74 valence electrons. The van der Waals surface area contributed by atoms with Crippen LogP contribution in [0.2, 0.25) is 0 Å². The molecule has 1 fully saturated rings. The summed E-state index contributed by atoms with van der Waals surface area (Å²) >= 11 is 0. The second-order valence-corrected chi connectivity index (χ2v) is 3.39. The monoisotopic (exact) mass is 193 g/mol. The van der Waals surface area contributed by atoms with Gasteiger partial charge in [0, 0.05) is 5.56 Å². The van der Waals surface area contributed by atoms with Crippen LogP contribution < -0.4 is 4.74 Å². The third-order valence-corrected chi connectivity index (χ3v) is 2.35. The molecule has 0 spiro atoms. The summed E-state index contributed by atoms with van der Waals surface area (Å²) in [5, 5.41) is 8.77. The topological polar surface area (TPSA) is 59.4 Å². The highest BCUT2D eigenvalue weighted by Gasteiger charge is 2.27. The number of aromatic carboxylic acids is 1. The molecule has 1 N–H and O–H groups in total. The zero-order valence-corrected chi connectivity index (χ0v) is 7.86. The minimum atomic E-state index is -0.991. The van der Waals surface area contributed by atoms with E-state index in [9.17, 15) is 4.79 Å². The van der Waals surface area contributed by atoms with Crippen LogP contribution in [0.1, 0.15) is 34.8 Å². The Bertz CT molecular complexity index is 372. The second kappa shape index (κ2) is 3.29. The van der Waals surface area contributed by atoms with Crippen LogP contribution in [0.25, 0.3) is 0 Å². The Morgan fingerprint density at radius 3 is 2.86 bits per heavy atom. The fraction of sp³-hybridized carbons (Fsp3) is 0.400. The molecule has 0 bridgehead atoms. The Hall–Kier alpha value is -1.58. The normalized spacial score (nSPS) is 15.2. The molecule has 2 rings (SSSR count). The highest BCUT2D eigenvalue weighted by Crippen LogP contribution is 2.44. The number of carboxylic acid groups (broad SMARTS) is 1. The molecule has 1 aliphatic carbocycles. The Balaban J connectivity index is 2.41. The molecule has 1 aromatic heterocycles. The number of hydrogen-bond acceptors (Lipinski definition) is 3. The fourth-order valence-electron chi connectivity index (χ4n) is 1.46. The quantitative estimate of drug-likeness (QED) is 0.793. The van der Waals surface area contributed by atoms with Gasteiger partial charge in [0.2, 0.25) is 0 Å². The number of pyridine rings is 1. The van der Waals surface area contributed by atoms with Crippen molar-refractivity contribution in [1.29, 1.82) is 0 Å². The number of rotatable bonds is 3. The van der Waals surface area contributed by atoms with Gasteiger partial charge in [-0.2, -0.15) is 0 Å². The van der Waals surface area contributed by atoms with Crippen LogP contribution in [0.15, 0.2) is 12.3 Å². The Morgan fingerprint density at radius 2 is 2.36 bits per heavy atom. The molecular weight excluding hydrogens is 182 g/mol. The molecule has 4 heteroatoms. The van der Waals surface area contributed by atoms with Crippen molar-refractivity contribution >= 4 is 5.97 Å². The summed E-state index contributed by atoms with van der Waals surface area (Å²) in [5.74, 6) is 0.165. The highest BCUT2D eigenvalue weighted by atomic mass is 16.5. The van der Waals surface area contributed by atoms with Gasteiger partial charge in [-0.25, -0.2) is 9.78 Å². The summed E-state index contributed by atoms with van der Waals surface area (Å²) in [5.41, 5.74) is 1.06. The lowest BCUT2D eigenvalue weighted by Crippen LogP contribution is -2.02. The van der Waals surface area contributed by atoms with Gasteiger partial charge in [0.15, 0.2) is 0 Å². The fourth-order valence-corrected chi connectivity index (χ4v) is 1.46. The molecule has 0 atom stereocenters. The van der Waals surface area contributed by atoms with E-state index in [2.05, 4.69) is 4.98 Å². The summed E-state index contributed by atoms with van der Waals surface area (Å²) in [4.78, 5) is 14.5. The standard InChI is InChI=1S/C10H11NO3/c1-14-9-5-11-8(10(12)13)4-7(9)6-2-3-6/h4-6H,2-3H2,1H3,(H,12,13). The first kappa shape index (κ1) is 8.99. The van der Waals surface area contributed by atoms with Crippen LogP contribution in [-0.2, 0) is 0 Å². The maximum absolute atomic E-state index is 10.7. The third-order valence-electron chi connectivity index (χ3n) is 2.35. The SMILES string of the molecule is COc1cnc(C(=O)O)cc1C1CC1. The van der Waals surface area contributed by atoms with Gasteiger partial charge in [-0.05, 0) is 24.8 Å². The lowest BCUT2D eigenvalue weighted by atomic mass is 10.1. The largest absolute Gasteiger partial charge is 0.495 e. The number of hydrogen-bond donors (Lipinski definition) is 1. The molecule has 4 nitrogen and oxygen atoms in total. The van der Waals surface area contributed by atoms with E-state index in [0.717, 1.165) is 18.4 Å². The van der Waals surface area contributed by atoms with E-state index in [1.807, 2.05) is 0 Å². The van der Waals surface area contributed by atoms with E-state index < -0.39 is 5.97 Å². The molecule has 0 radical (unpaired) electrons. The smallest absolute Gasteiger partial charge is 0.354 e. The number of aromatic nitrogens is 1. The summed E-state index contributed by atoms with van der Waals surface area (Å²) in [6.45, 7) is 0. The molecular formula is C10H11NO3. The first-order chi connectivity index (χ1) is 6.72. The number of methoxy groups -OCH3 is 1. The van der Waals surface area contributed by atoms with Crippen LogP contribution in [0, 0.1) is 0 Å². The first-order valence-corrected chi connectivity index (χ1v) is 4.49. The van der Waals surface area contributed by atoms with Gasteiger partial charge in [-0.15, -0.1) is 0 Å². The third kappa shape index (κ3) is 1.55. The van der Waals surface area contributed by atoms with Crippen molar-refractivity contribution in [3.63, 3.8) is 0 Å². The minimum absolute atomic E-state index is 0.0905. The highest BCUT2D eigenvalue weighted by molar-refractivity contribution is 5.85. The van der Waals surface area contributed by atoms with Gasteiger partial charge < -0.3 is 9.84 Å². The van der Waals surface area contributed by atoms with Gasteiger partial charge >= 0.3 is 5.97 Å². The maximum atomic E-state index is 10.7. The first-order valence-electron chi connectivity index (χ1n) is 4.49. The zero-order valence-electron chi connectivity index (χ0n) is 7.86. The summed E-state index contributed by atoms with van der Waals surface area (Å²) in [6.07, 6.45) is 3.70. The van der Waals surface area contributed by atoms with E-state index >= 15 is 0 Å². The van der Waals surface area contributed by atoms with Crippen molar-refractivity contribution in [2.45, 2.75) is 18.8 Å². The van der Waals surface area contributed by atoms with Crippen LogP contribution in [0.5, 0.6) is 5.75 Å². The van der Waals surface area contributed by atoms with Crippen LogP contribution >= 0.6 is 0 Å². The van der Waals surface area contributed by atoms with Crippen molar-refractivity contribution in [3.05, 3.63) is 23.5 Å². The molecule has 0 saturated heterocycles. The lowest BCUT2D eigenvalue weighted by Gasteiger charge is -2.06. The van der Waals surface area contributed by atoms with E-state index in [4.69, 9.17) is 9.84 Å². The lowest BCUT2D eigenvalue weighted by molar-refractivity contribution is 0.0690. The summed E-state index contributed by atoms with van der Waals surface area (Å²) in [6, 6.07) is 1.61. The molecule has 0 unspecified atom stereocenters.